The number of imidazole rings is 1. The lowest BCUT2D eigenvalue weighted by atomic mass is 10.0. The quantitative estimate of drug-likeness (QED) is 0.0483. The fraction of sp³-hybridized carbons (Fsp3) is 0.451. The zero-order valence-electron chi connectivity index (χ0n) is 46.5. The molecular formula is C51H60F2N12O17P2S2. The van der Waals surface area contributed by atoms with Gasteiger partial charge in [0.25, 0.3) is 11.5 Å². The molecule has 2 aromatic carbocycles. The number of hydrogen-bond donors (Lipinski definition) is 9. The monoisotopic (exact) mass is 1280 g/mol. The molecule has 8 N–H and O–H groups in total. The fourth-order valence-electron chi connectivity index (χ4n) is 9.35. The predicted molar refractivity (Wildman–Crippen MR) is 306 cm³/mol. The van der Waals surface area contributed by atoms with Crippen molar-refractivity contribution >= 4 is 101 Å². The summed E-state index contributed by atoms with van der Waals surface area (Å²) in [5, 5.41) is 24.1. The third-order valence-electron chi connectivity index (χ3n) is 13.5. The van der Waals surface area contributed by atoms with Gasteiger partial charge in [-0.3, -0.25) is 37.3 Å². The van der Waals surface area contributed by atoms with E-state index in [-0.39, 0.29) is 53.7 Å². The van der Waals surface area contributed by atoms with E-state index in [0.717, 1.165) is 34.3 Å². The van der Waals surface area contributed by atoms with Gasteiger partial charge in [-0.2, -0.15) is 0 Å². The van der Waals surface area contributed by atoms with Crippen LogP contribution in [0.2, 0.25) is 0 Å². The number of aromatic nitrogens is 7. The van der Waals surface area contributed by atoms with Crippen molar-refractivity contribution in [3.8, 4) is 0 Å². The van der Waals surface area contributed by atoms with Crippen LogP contribution < -0.4 is 32.1 Å². The molecule has 3 fully saturated rings. The van der Waals surface area contributed by atoms with Crippen LogP contribution in [-0.4, -0.2) is 148 Å². The van der Waals surface area contributed by atoms with Crippen molar-refractivity contribution < 1.29 is 84.4 Å². The fourth-order valence-corrected chi connectivity index (χ4v) is 12.3. The third kappa shape index (κ3) is 14.9. The minimum atomic E-state index is -4.61. The van der Waals surface area contributed by atoms with Gasteiger partial charge in [-0.1, -0.05) is 56.4 Å². The third-order valence-corrected chi connectivity index (χ3v) is 16.7. The molecule has 0 aliphatic carbocycles. The highest BCUT2D eigenvalue weighted by Gasteiger charge is 2.54. The van der Waals surface area contributed by atoms with E-state index in [2.05, 4.69) is 63.8 Å². The molecule has 29 nitrogen and oxygen atoms in total. The van der Waals surface area contributed by atoms with Gasteiger partial charge < -0.3 is 69.6 Å². The van der Waals surface area contributed by atoms with Crippen LogP contribution in [0.25, 0.3) is 22.2 Å². The Kier molecular flexibility index (Phi) is 19.4. The van der Waals surface area contributed by atoms with Crippen molar-refractivity contribution in [1.29, 1.82) is 0 Å². The van der Waals surface area contributed by atoms with Gasteiger partial charge in [0.2, 0.25) is 11.8 Å². The Labute approximate surface area is 497 Å². The molecule has 35 heteroatoms. The lowest BCUT2D eigenvalue weighted by molar-refractivity contribution is -0.128. The van der Waals surface area contributed by atoms with Crippen LogP contribution in [0.3, 0.4) is 0 Å². The Hall–Kier alpha value is -6.87. The molecule has 3 aliphatic rings. The number of rotatable bonds is 15. The minimum absolute atomic E-state index is 0.0129. The summed E-state index contributed by atoms with van der Waals surface area (Å²) in [6.45, 7) is -0.623. The molecule has 462 valence electrons. The first kappa shape index (κ1) is 63.6. The first-order valence-corrected chi connectivity index (χ1v) is 31.8. The largest absolute Gasteiger partial charge is 0.445 e. The number of benzene rings is 2. The van der Waals surface area contributed by atoms with Crippen molar-refractivity contribution in [1.82, 2.24) is 50.0 Å². The Morgan fingerprint density at radius 2 is 1.62 bits per heavy atom. The molecule has 0 radical (unpaired) electrons. The lowest BCUT2D eigenvalue weighted by Gasteiger charge is -2.27. The number of alkyl carbamates (subject to hydrolysis) is 2. The number of anilines is 2. The number of carbonyl (C=O) groups excluding carboxylic acids is 5. The minimum Gasteiger partial charge on any atom is -0.445 e. The maximum Gasteiger partial charge on any atom is 0.408 e. The first-order valence-electron chi connectivity index (χ1n) is 26.5. The number of carbonyl (C=O) groups is 5. The summed E-state index contributed by atoms with van der Waals surface area (Å²) in [6, 6.07) is 11.1. The molecule has 9 rings (SSSR count). The Morgan fingerprint density at radius 1 is 0.895 bits per heavy atom. The van der Waals surface area contributed by atoms with Gasteiger partial charge >= 0.3 is 25.7 Å². The molecule has 0 saturated carbocycles. The predicted octanol–water partition coefficient (Wildman–Crippen LogP) is 4.98. The molecule has 6 aromatic rings. The van der Waals surface area contributed by atoms with Crippen LogP contribution in [0.1, 0.15) is 75.5 Å². The second-order valence-electron chi connectivity index (χ2n) is 21.2. The van der Waals surface area contributed by atoms with E-state index in [1.807, 2.05) is 0 Å². The number of fused-ring (bicyclic) bond motifs is 5. The van der Waals surface area contributed by atoms with Crippen molar-refractivity contribution in [2.75, 3.05) is 30.4 Å². The van der Waals surface area contributed by atoms with Crippen LogP contribution in [-0.2, 0) is 76.0 Å². The van der Waals surface area contributed by atoms with Crippen molar-refractivity contribution in [2.45, 2.75) is 121 Å². The van der Waals surface area contributed by atoms with Gasteiger partial charge in [0.1, 0.15) is 66.5 Å². The van der Waals surface area contributed by atoms with Gasteiger partial charge in [-0.15, -0.1) is 0 Å². The molecule has 2 unspecified atom stereocenters. The van der Waals surface area contributed by atoms with Crippen molar-refractivity contribution in [3.63, 3.8) is 0 Å². The number of aromatic amines is 1. The average Bonchev–Trinajstić information content (AvgIpc) is 1.94. The zero-order valence-corrected chi connectivity index (χ0v) is 50.0. The summed E-state index contributed by atoms with van der Waals surface area (Å²) in [5.41, 5.74) is -0.160. The Morgan fingerprint density at radius 3 is 2.35 bits per heavy atom. The lowest BCUT2D eigenvalue weighted by Crippen LogP contribution is -2.54. The summed E-state index contributed by atoms with van der Waals surface area (Å²) >= 11 is 9.35. The van der Waals surface area contributed by atoms with Crippen LogP contribution in [0.4, 0.5) is 29.9 Å². The highest BCUT2D eigenvalue weighted by atomic mass is 32.7. The summed E-state index contributed by atoms with van der Waals surface area (Å²) in [7, 11) is 0. The standard InChI is InChI=1S/C51H60F2N12O17P2S2/c1-24(2)35(62-50(72)80-51(4,5)6)46(70)60-25(3)43(67)61-28-13-11-26(12-14-28)18-75-49(71)54-16-15-27-9-7-8-10-29(27)44(68)63-40-36-42(57-21-55-40)65(23-59-36)47-34(53)38-32(79-47)20-77-84(74,86)82-39-37(66)31(19-76-83(73,85)81-38)78-48(39)64-17-30(52)33-41(64)56-22-58-45(33)69/h7-14,17,21-25,31-32,34-35,37-39,47-48,66H,15-16,18-20H2,1-6H3,(H,54,71)(H,60,70)(H,61,67)(H,62,72)(H,73,85)(H,74,86)(H,56,58,69)(H,55,57,63,68)/t25-,31+,32+,34+,35-,37+,38+,39+,47+,48+,83?,84?/m0/s1. The summed E-state index contributed by atoms with van der Waals surface area (Å²) in [6.07, 6.45) is -10.8. The molecule has 0 spiro atoms. The highest BCUT2D eigenvalue weighted by molar-refractivity contribution is 8.44. The number of halogens is 2. The number of thiol groups is 1. The number of nitrogens with zero attached hydrogens (tertiary/aromatic N) is 6. The van der Waals surface area contributed by atoms with E-state index in [1.54, 1.807) is 83.1 Å². The number of H-pyrrole nitrogens is 1. The van der Waals surface area contributed by atoms with Crippen LogP contribution in [0.5, 0.6) is 0 Å². The second kappa shape index (κ2) is 26.2. The first-order chi connectivity index (χ1) is 40.7. The molecule has 3 aliphatic heterocycles. The Balaban J connectivity index is 0.783. The van der Waals surface area contributed by atoms with Gasteiger partial charge in [-0.25, -0.2) is 42.9 Å². The molecule has 86 heavy (non-hydrogen) atoms. The van der Waals surface area contributed by atoms with E-state index in [9.17, 15) is 43.3 Å². The van der Waals surface area contributed by atoms with E-state index < -0.39 is 140 Å². The normalized spacial score (nSPS) is 25.9. The maximum absolute atomic E-state index is 16.8. The number of nitrogens with one attached hydrogen (secondary N) is 6. The van der Waals surface area contributed by atoms with Crippen LogP contribution in [0.15, 0.2) is 78.5 Å². The number of alkyl halides is 1. The van der Waals surface area contributed by atoms with Gasteiger partial charge in [0.05, 0.1) is 25.9 Å². The van der Waals surface area contributed by atoms with E-state index in [4.69, 9.17) is 48.8 Å². The van der Waals surface area contributed by atoms with Crippen molar-refractivity contribution in [2.24, 2.45) is 5.92 Å². The molecular weight excluding hydrogens is 1220 g/mol. The van der Waals surface area contributed by atoms with Crippen molar-refractivity contribution in [3.05, 3.63) is 107 Å². The van der Waals surface area contributed by atoms with E-state index >= 15 is 8.78 Å². The van der Waals surface area contributed by atoms with E-state index in [0.29, 0.717) is 16.8 Å². The molecule has 2 bridgehead atoms. The smallest absolute Gasteiger partial charge is 0.408 e. The van der Waals surface area contributed by atoms with Gasteiger partial charge in [0.15, 0.2) is 47.1 Å². The molecule has 5 amide bonds. The van der Waals surface area contributed by atoms with Gasteiger partial charge in [0, 0.05) is 24.0 Å². The summed E-state index contributed by atoms with van der Waals surface area (Å²) in [4.78, 5) is 108. The van der Waals surface area contributed by atoms with Crippen LogP contribution in [0, 0.1) is 11.7 Å². The summed E-state index contributed by atoms with van der Waals surface area (Å²) < 4.78 is 92.9. The van der Waals surface area contributed by atoms with Gasteiger partial charge in [-0.05, 0) is 81.2 Å². The van der Waals surface area contributed by atoms with Crippen LogP contribution >= 0.6 is 25.8 Å². The topological polar surface area (TPSA) is 371 Å². The molecule has 12 atom stereocenters. The number of amides is 5. The second-order valence-corrected chi connectivity index (χ2v) is 26.9. The number of ether oxygens (including phenoxy) is 4. The molecule has 7 heterocycles. The number of hydrogen-bond acceptors (Lipinski definition) is 21. The van der Waals surface area contributed by atoms with E-state index in [1.165, 1.54) is 6.92 Å². The molecule has 4 aromatic heterocycles. The maximum atomic E-state index is 16.8. The number of aliphatic hydroxyl groups is 1. The average molecular weight is 1280 g/mol. The summed E-state index contributed by atoms with van der Waals surface area (Å²) in [5.74, 6) is -3.12. The highest BCUT2D eigenvalue weighted by Crippen LogP contribution is 2.58. The molecule has 3 saturated heterocycles. The zero-order chi connectivity index (χ0) is 62.0. The number of aliphatic hydroxyl groups excluding tert-OH is 1. The Bertz CT molecular complexity index is 3690. The SMILES string of the molecule is CC(C)[C@H](NC(=O)OC(C)(C)C)C(=O)N[C@@H](C)C(=O)Nc1ccc(COC(=O)NCCc2ccccc2C(=O)Nc2ncnc3c2ncn3[C@@H]2O[C@@H]3COP(O)(=S)O[C@@H]4[C@H](O)[C@@H](COP(=O)(S)O[C@H]3[C@H]2F)O[C@H]4n2cc(F)c3c(=O)[nH]cnc32)cc1.